The van der Waals surface area contributed by atoms with E-state index in [-0.39, 0.29) is 18.2 Å². The minimum atomic E-state index is -0.116. The Kier molecular flexibility index (Phi) is 5.98. The van der Waals surface area contributed by atoms with Crippen molar-refractivity contribution in [3.05, 3.63) is 70.7 Å². The fraction of sp³-hybridized carbons (Fsp3) is 0.190. The zero-order valence-electron chi connectivity index (χ0n) is 15.3. The van der Waals surface area contributed by atoms with Gasteiger partial charge in [0.05, 0.1) is 18.5 Å². The Morgan fingerprint density at radius 2 is 1.67 bits per heavy atom. The second-order valence-electron chi connectivity index (χ2n) is 6.28. The Morgan fingerprint density at radius 1 is 0.963 bits per heavy atom. The van der Waals surface area contributed by atoms with Crippen molar-refractivity contribution >= 4 is 28.8 Å². The van der Waals surface area contributed by atoms with Crippen molar-refractivity contribution in [2.24, 2.45) is 0 Å². The van der Waals surface area contributed by atoms with Gasteiger partial charge in [-0.05, 0) is 24.6 Å². The van der Waals surface area contributed by atoms with Crippen molar-refractivity contribution in [1.29, 1.82) is 0 Å². The Morgan fingerprint density at radius 3 is 2.33 bits per heavy atom. The first-order valence-electron chi connectivity index (χ1n) is 8.64. The Labute approximate surface area is 162 Å². The molecule has 138 valence electrons. The van der Waals surface area contributed by atoms with Gasteiger partial charge in [-0.15, -0.1) is 11.3 Å². The number of thiazole rings is 1. The maximum absolute atomic E-state index is 12.3. The van der Waals surface area contributed by atoms with Crippen LogP contribution in [0.25, 0.3) is 10.6 Å². The standard InChI is InChI=1S/C21H21N3O2S/c1-14-3-7-16(8-4-14)21-24-18(13-27-21)12-20(26)23-17-9-5-15(6-10-17)11-19(25)22-2/h3-10,13H,11-12H2,1-2H3,(H,22,25)(H,23,26). The number of nitrogens with one attached hydrogen (secondary N) is 2. The summed E-state index contributed by atoms with van der Waals surface area (Å²) in [6.45, 7) is 2.05. The zero-order chi connectivity index (χ0) is 19.2. The van der Waals surface area contributed by atoms with Crippen LogP contribution in [-0.2, 0) is 22.4 Å². The van der Waals surface area contributed by atoms with E-state index >= 15 is 0 Å². The maximum Gasteiger partial charge on any atom is 0.230 e. The van der Waals surface area contributed by atoms with Gasteiger partial charge in [0.25, 0.3) is 0 Å². The highest BCUT2D eigenvalue weighted by molar-refractivity contribution is 7.13. The van der Waals surface area contributed by atoms with E-state index < -0.39 is 0 Å². The van der Waals surface area contributed by atoms with E-state index in [9.17, 15) is 9.59 Å². The molecule has 0 aliphatic rings. The van der Waals surface area contributed by atoms with E-state index in [1.54, 1.807) is 19.2 Å². The van der Waals surface area contributed by atoms with E-state index in [0.29, 0.717) is 12.1 Å². The third-order valence-electron chi connectivity index (χ3n) is 4.07. The summed E-state index contributed by atoms with van der Waals surface area (Å²) in [7, 11) is 1.61. The number of amides is 2. The molecular weight excluding hydrogens is 358 g/mol. The number of rotatable bonds is 6. The van der Waals surface area contributed by atoms with Crippen molar-refractivity contribution in [2.45, 2.75) is 19.8 Å². The lowest BCUT2D eigenvalue weighted by atomic mass is 10.1. The molecule has 1 aromatic heterocycles. The predicted molar refractivity (Wildman–Crippen MR) is 109 cm³/mol. The summed E-state index contributed by atoms with van der Waals surface area (Å²) < 4.78 is 0. The molecule has 2 N–H and O–H groups in total. The topological polar surface area (TPSA) is 71.1 Å². The van der Waals surface area contributed by atoms with Crippen molar-refractivity contribution < 1.29 is 9.59 Å². The second kappa shape index (κ2) is 8.60. The Balaban J connectivity index is 1.58. The molecule has 0 aliphatic carbocycles. The SMILES string of the molecule is CNC(=O)Cc1ccc(NC(=O)Cc2csc(-c3ccc(C)cc3)n2)cc1. The fourth-order valence-corrected chi connectivity index (χ4v) is 3.39. The van der Waals surface area contributed by atoms with Crippen LogP contribution in [0.1, 0.15) is 16.8 Å². The average Bonchev–Trinajstić information content (AvgIpc) is 3.12. The highest BCUT2D eigenvalue weighted by atomic mass is 32.1. The van der Waals surface area contributed by atoms with E-state index in [1.165, 1.54) is 16.9 Å². The predicted octanol–water partition coefficient (Wildman–Crippen LogP) is 3.59. The number of hydrogen-bond donors (Lipinski definition) is 2. The lowest BCUT2D eigenvalue weighted by Crippen LogP contribution is -2.20. The normalized spacial score (nSPS) is 10.4. The highest BCUT2D eigenvalue weighted by Crippen LogP contribution is 2.24. The first-order chi connectivity index (χ1) is 13.0. The van der Waals surface area contributed by atoms with E-state index in [4.69, 9.17) is 0 Å². The van der Waals surface area contributed by atoms with E-state index in [0.717, 1.165) is 21.8 Å². The third kappa shape index (κ3) is 5.24. The first kappa shape index (κ1) is 18.8. The van der Waals surface area contributed by atoms with Crippen LogP contribution >= 0.6 is 11.3 Å². The molecule has 5 nitrogen and oxygen atoms in total. The Bertz CT molecular complexity index is 931. The lowest BCUT2D eigenvalue weighted by molar-refractivity contribution is -0.120. The number of carbonyl (C=O) groups excluding carboxylic acids is 2. The van der Waals surface area contributed by atoms with Gasteiger partial charge in [0.15, 0.2) is 0 Å². The number of aryl methyl sites for hydroxylation is 1. The largest absolute Gasteiger partial charge is 0.359 e. The van der Waals surface area contributed by atoms with Crippen LogP contribution in [0.4, 0.5) is 5.69 Å². The zero-order valence-corrected chi connectivity index (χ0v) is 16.1. The van der Waals surface area contributed by atoms with Crippen molar-refractivity contribution in [3.8, 4) is 10.6 Å². The quantitative estimate of drug-likeness (QED) is 0.688. The van der Waals surface area contributed by atoms with E-state index in [2.05, 4.69) is 27.8 Å². The number of hydrogen-bond acceptors (Lipinski definition) is 4. The molecule has 0 atom stereocenters. The van der Waals surface area contributed by atoms with Crippen LogP contribution in [0.3, 0.4) is 0 Å². The van der Waals surface area contributed by atoms with Crippen LogP contribution in [0, 0.1) is 6.92 Å². The molecule has 27 heavy (non-hydrogen) atoms. The van der Waals surface area contributed by atoms with Gasteiger partial charge in [-0.25, -0.2) is 4.98 Å². The number of aromatic nitrogens is 1. The fourth-order valence-electron chi connectivity index (χ4n) is 2.57. The summed E-state index contributed by atoms with van der Waals surface area (Å²) in [5.74, 6) is -0.158. The smallest absolute Gasteiger partial charge is 0.230 e. The van der Waals surface area contributed by atoms with Gasteiger partial charge in [0, 0.05) is 23.7 Å². The van der Waals surface area contributed by atoms with Gasteiger partial charge in [0.2, 0.25) is 11.8 Å². The van der Waals surface area contributed by atoms with Crippen molar-refractivity contribution in [3.63, 3.8) is 0 Å². The number of nitrogens with zero attached hydrogens (tertiary/aromatic N) is 1. The van der Waals surface area contributed by atoms with Crippen LogP contribution in [0.5, 0.6) is 0 Å². The highest BCUT2D eigenvalue weighted by Gasteiger charge is 2.10. The van der Waals surface area contributed by atoms with Gasteiger partial charge < -0.3 is 10.6 Å². The Hall–Kier alpha value is -2.99. The monoisotopic (exact) mass is 379 g/mol. The van der Waals surface area contributed by atoms with Crippen molar-refractivity contribution in [2.75, 3.05) is 12.4 Å². The molecule has 0 saturated heterocycles. The van der Waals surface area contributed by atoms with Gasteiger partial charge >= 0.3 is 0 Å². The third-order valence-corrected chi connectivity index (χ3v) is 5.01. The molecule has 1 heterocycles. The van der Waals surface area contributed by atoms with Gasteiger partial charge in [-0.2, -0.15) is 0 Å². The molecule has 0 aliphatic heterocycles. The lowest BCUT2D eigenvalue weighted by Gasteiger charge is -2.06. The minimum Gasteiger partial charge on any atom is -0.359 e. The van der Waals surface area contributed by atoms with Gasteiger partial charge in [-0.3, -0.25) is 9.59 Å². The van der Waals surface area contributed by atoms with Crippen LogP contribution in [0.2, 0.25) is 0 Å². The maximum atomic E-state index is 12.3. The molecule has 0 spiro atoms. The molecule has 0 fully saturated rings. The van der Waals surface area contributed by atoms with Crippen LogP contribution in [0.15, 0.2) is 53.9 Å². The number of benzene rings is 2. The van der Waals surface area contributed by atoms with Gasteiger partial charge in [-0.1, -0.05) is 42.0 Å². The minimum absolute atomic E-state index is 0.0419. The molecule has 0 bridgehead atoms. The molecule has 3 aromatic rings. The molecule has 0 unspecified atom stereocenters. The molecule has 2 amide bonds. The average molecular weight is 379 g/mol. The second-order valence-corrected chi connectivity index (χ2v) is 7.14. The number of anilines is 1. The number of likely N-dealkylation sites (N-methyl/N-ethyl adjacent to an activating group) is 1. The summed E-state index contributed by atoms with van der Waals surface area (Å²) in [6, 6.07) is 15.5. The summed E-state index contributed by atoms with van der Waals surface area (Å²) >= 11 is 1.54. The molecule has 6 heteroatoms. The molecule has 0 radical (unpaired) electrons. The molecular formula is C21H21N3O2S. The summed E-state index contributed by atoms with van der Waals surface area (Å²) in [6.07, 6.45) is 0.549. The molecule has 0 saturated carbocycles. The van der Waals surface area contributed by atoms with Gasteiger partial charge in [0.1, 0.15) is 5.01 Å². The van der Waals surface area contributed by atoms with Crippen LogP contribution < -0.4 is 10.6 Å². The van der Waals surface area contributed by atoms with E-state index in [1.807, 2.05) is 36.6 Å². The molecule has 3 rings (SSSR count). The summed E-state index contributed by atoms with van der Waals surface area (Å²) in [4.78, 5) is 28.2. The van der Waals surface area contributed by atoms with Crippen LogP contribution in [-0.4, -0.2) is 23.8 Å². The molecule has 2 aromatic carbocycles. The first-order valence-corrected chi connectivity index (χ1v) is 9.52. The number of carbonyl (C=O) groups is 2. The van der Waals surface area contributed by atoms with Crippen molar-refractivity contribution in [1.82, 2.24) is 10.3 Å². The summed E-state index contributed by atoms with van der Waals surface area (Å²) in [5, 5.41) is 8.29. The summed E-state index contributed by atoms with van der Waals surface area (Å²) in [5.41, 5.74) is 4.62.